The van der Waals surface area contributed by atoms with E-state index >= 15 is 0 Å². The lowest BCUT2D eigenvalue weighted by Gasteiger charge is -2.27. The average Bonchev–Trinajstić information content (AvgIpc) is 3.40. The summed E-state index contributed by atoms with van der Waals surface area (Å²) in [5.41, 5.74) is 5.64. The van der Waals surface area contributed by atoms with Crippen molar-refractivity contribution in [2.24, 2.45) is 0 Å². The van der Waals surface area contributed by atoms with Gasteiger partial charge >= 0.3 is 0 Å². The second-order valence-corrected chi connectivity index (χ2v) is 11.4. The Kier molecular flexibility index (Phi) is 5.68. The first-order valence-electron chi connectivity index (χ1n) is 13.9. The third-order valence-corrected chi connectivity index (χ3v) is 8.93. The Balaban J connectivity index is 1.34. The molecule has 0 saturated carbocycles. The molecule has 0 aliphatic heterocycles. The Morgan fingerprint density at radius 3 is 1.85 bits per heavy atom. The Labute approximate surface area is 242 Å². The fourth-order valence-electron chi connectivity index (χ4n) is 5.89. The number of hydrogen-bond donors (Lipinski definition) is 1. The predicted molar refractivity (Wildman–Crippen MR) is 179 cm³/mol. The molecule has 0 amide bonds. The summed E-state index contributed by atoms with van der Waals surface area (Å²) in [5.74, 6) is 0. The SMILES string of the molecule is c1ccc(Nc2ccc3sc4ccc(N(c5ccccc5)c5cc6ccccc6c6ccccc56)cc4c3c2)cc1. The van der Waals surface area contributed by atoms with Gasteiger partial charge in [0.1, 0.15) is 0 Å². The molecule has 7 aromatic carbocycles. The molecule has 0 unspecified atom stereocenters. The highest BCUT2D eigenvalue weighted by atomic mass is 32.1. The van der Waals surface area contributed by atoms with Crippen LogP contribution in [-0.2, 0) is 0 Å². The van der Waals surface area contributed by atoms with Crippen LogP contribution in [0.2, 0.25) is 0 Å². The third kappa shape index (κ3) is 4.19. The van der Waals surface area contributed by atoms with Crippen molar-refractivity contribution < 1.29 is 0 Å². The zero-order chi connectivity index (χ0) is 27.2. The van der Waals surface area contributed by atoms with E-state index in [0.29, 0.717) is 0 Å². The Hall–Kier alpha value is -5.12. The van der Waals surface area contributed by atoms with Crippen molar-refractivity contribution in [3.8, 4) is 0 Å². The van der Waals surface area contributed by atoms with Crippen LogP contribution in [0.15, 0.2) is 152 Å². The van der Waals surface area contributed by atoms with Crippen molar-refractivity contribution in [1.82, 2.24) is 0 Å². The molecule has 8 aromatic rings. The molecule has 0 radical (unpaired) electrons. The summed E-state index contributed by atoms with van der Waals surface area (Å²) >= 11 is 1.85. The monoisotopic (exact) mass is 542 g/mol. The molecule has 0 aliphatic rings. The van der Waals surface area contributed by atoms with Gasteiger partial charge in [-0.1, -0.05) is 84.9 Å². The highest BCUT2D eigenvalue weighted by Gasteiger charge is 2.18. The topological polar surface area (TPSA) is 15.3 Å². The van der Waals surface area contributed by atoms with E-state index in [4.69, 9.17) is 0 Å². The van der Waals surface area contributed by atoms with Crippen LogP contribution in [0.3, 0.4) is 0 Å². The molecule has 0 bridgehead atoms. The molecule has 0 aliphatic carbocycles. The summed E-state index contributed by atoms with van der Waals surface area (Å²) in [5, 5.41) is 11.1. The van der Waals surface area contributed by atoms with Crippen LogP contribution < -0.4 is 10.2 Å². The van der Waals surface area contributed by atoms with Crippen molar-refractivity contribution in [3.05, 3.63) is 152 Å². The molecule has 0 atom stereocenters. The predicted octanol–water partition coefficient (Wildman–Crippen LogP) is 11.6. The maximum absolute atomic E-state index is 3.57. The lowest BCUT2D eigenvalue weighted by molar-refractivity contribution is 1.31. The molecule has 41 heavy (non-hydrogen) atoms. The smallest absolute Gasteiger partial charge is 0.0546 e. The van der Waals surface area contributed by atoms with Crippen LogP contribution in [0.4, 0.5) is 28.4 Å². The van der Waals surface area contributed by atoms with E-state index in [1.807, 2.05) is 17.4 Å². The number of hydrogen-bond acceptors (Lipinski definition) is 3. The van der Waals surface area contributed by atoms with Gasteiger partial charge in [0.2, 0.25) is 0 Å². The van der Waals surface area contributed by atoms with Gasteiger partial charge in [0, 0.05) is 48.3 Å². The van der Waals surface area contributed by atoms with Gasteiger partial charge in [-0.15, -0.1) is 11.3 Å². The molecule has 194 valence electrons. The Morgan fingerprint density at radius 2 is 1.05 bits per heavy atom. The molecule has 2 nitrogen and oxygen atoms in total. The Bertz CT molecular complexity index is 2180. The van der Waals surface area contributed by atoms with Crippen LogP contribution in [0.25, 0.3) is 41.7 Å². The van der Waals surface area contributed by atoms with E-state index in [9.17, 15) is 0 Å². The van der Waals surface area contributed by atoms with Gasteiger partial charge in [0.25, 0.3) is 0 Å². The summed E-state index contributed by atoms with van der Waals surface area (Å²) in [4.78, 5) is 2.41. The maximum Gasteiger partial charge on any atom is 0.0546 e. The molecule has 1 N–H and O–H groups in total. The second kappa shape index (κ2) is 9.81. The van der Waals surface area contributed by atoms with Crippen LogP contribution in [0, 0.1) is 0 Å². The first kappa shape index (κ1) is 23.7. The van der Waals surface area contributed by atoms with Gasteiger partial charge in [-0.2, -0.15) is 0 Å². The fourth-order valence-corrected chi connectivity index (χ4v) is 6.96. The standard InChI is InChI=1S/C38H26N2S/c1-3-12-27(13-4-1)39-28-19-21-37-34(24-28)35-25-30(20-22-38(35)41-37)40(29-14-5-2-6-15-29)36-23-26-11-7-8-16-31(26)32-17-9-10-18-33(32)36/h1-25,39H. The van der Waals surface area contributed by atoms with Gasteiger partial charge < -0.3 is 10.2 Å². The van der Waals surface area contributed by atoms with E-state index in [0.717, 1.165) is 22.7 Å². The van der Waals surface area contributed by atoms with E-state index in [1.165, 1.54) is 47.4 Å². The fraction of sp³-hybridized carbons (Fsp3) is 0. The molecule has 1 heterocycles. The summed E-state index contributed by atoms with van der Waals surface area (Å²) < 4.78 is 2.58. The first-order valence-corrected chi connectivity index (χ1v) is 14.7. The zero-order valence-corrected chi connectivity index (χ0v) is 23.1. The van der Waals surface area contributed by atoms with E-state index < -0.39 is 0 Å². The van der Waals surface area contributed by atoms with Crippen molar-refractivity contribution in [3.63, 3.8) is 0 Å². The van der Waals surface area contributed by atoms with Crippen molar-refractivity contribution >= 4 is 81.5 Å². The van der Waals surface area contributed by atoms with Crippen LogP contribution in [0.1, 0.15) is 0 Å². The van der Waals surface area contributed by atoms with Gasteiger partial charge in [0.15, 0.2) is 0 Å². The number of fused-ring (bicyclic) bond motifs is 6. The number of benzene rings is 7. The second-order valence-electron chi connectivity index (χ2n) is 10.3. The highest BCUT2D eigenvalue weighted by Crippen LogP contribution is 2.44. The number of rotatable bonds is 5. The van der Waals surface area contributed by atoms with Crippen LogP contribution in [-0.4, -0.2) is 0 Å². The van der Waals surface area contributed by atoms with Crippen molar-refractivity contribution in [2.45, 2.75) is 0 Å². The molecule has 8 rings (SSSR count). The van der Waals surface area contributed by atoms with E-state index in [1.54, 1.807) is 0 Å². The number of thiophene rings is 1. The highest BCUT2D eigenvalue weighted by molar-refractivity contribution is 7.25. The normalized spacial score (nSPS) is 11.4. The largest absolute Gasteiger partial charge is 0.356 e. The number of nitrogens with one attached hydrogen (secondary N) is 1. The van der Waals surface area contributed by atoms with Gasteiger partial charge in [-0.3, -0.25) is 0 Å². The minimum absolute atomic E-state index is 1.09. The van der Waals surface area contributed by atoms with E-state index in [2.05, 4.69) is 156 Å². The van der Waals surface area contributed by atoms with E-state index in [-0.39, 0.29) is 0 Å². The van der Waals surface area contributed by atoms with Crippen molar-refractivity contribution in [1.29, 1.82) is 0 Å². The summed E-state index contributed by atoms with van der Waals surface area (Å²) in [6.45, 7) is 0. The maximum atomic E-state index is 3.57. The molecule has 0 fully saturated rings. The quantitative estimate of drug-likeness (QED) is 0.218. The molecular formula is C38H26N2S. The third-order valence-electron chi connectivity index (χ3n) is 7.77. The first-order chi connectivity index (χ1) is 20.3. The van der Waals surface area contributed by atoms with Gasteiger partial charge in [0.05, 0.1) is 5.69 Å². The summed E-state index contributed by atoms with van der Waals surface area (Å²) in [6, 6.07) is 54.4. The van der Waals surface area contributed by atoms with Gasteiger partial charge in [-0.25, -0.2) is 0 Å². The van der Waals surface area contributed by atoms with Gasteiger partial charge in [-0.05, 0) is 82.9 Å². The molecule has 3 heteroatoms. The zero-order valence-electron chi connectivity index (χ0n) is 22.3. The summed E-state index contributed by atoms with van der Waals surface area (Å²) in [6.07, 6.45) is 0. The average molecular weight is 543 g/mol. The minimum atomic E-state index is 1.09. The lowest BCUT2D eigenvalue weighted by Crippen LogP contribution is -2.10. The molecular weight excluding hydrogens is 516 g/mol. The molecule has 1 aromatic heterocycles. The van der Waals surface area contributed by atoms with Crippen LogP contribution in [0.5, 0.6) is 0 Å². The molecule has 0 spiro atoms. The number of nitrogens with zero attached hydrogens (tertiary/aromatic N) is 1. The Morgan fingerprint density at radius 1 is 0.415 bits per heavy atom. The number of para-hydroxylation sites is 2. The summed E-state index contributed by atoms with van der Waals surface area (Å²) in [7, 11) is 0. The van der Waals surface area contributed by atoms with Crippen LogP contribution >= 0.6 is 11.3 Å². The van der Waals surface area contributed by atoms with Crippen molar-refractivity contribution in [2.75, 3.05) is 10.2 Å². The lowest BCUT2D eigenvalue weighted by atomic mass is 9.99. The minimum Gasteiger partial charge on any atom is -0.356 e. The molecule has 0 saturated heterocycles. The number of anilines is 5.